The SMILES string of the molecule is Fc1ccc2c(c1)NC1CCCCC21. The lowest BCUT2D eigenvalue weighted by Crippen LogP contribution is -2.23. The number of fused-ring (bicyclic) bond motifs is 3. The van der Waals surface area contributed by atoms with Gasteiger partial charge in [-0.2, -0.15) is 0 Å². The van der Waals surface area contributed by atoms with Crippen molar-refractivity contribution in [2.75, 3.05) is 5.32 Å². The molecular formula is C12H14FN. The standard InChI is InChI=1S/C12H14FN/c13-8-5-6-10-9-3-1-2-4-11(9)14-12(10)7-8/h5-7,9,11,14H,1-4H2. The molecule has 1 aromatic rings. The van der Waals surface area contributed by atoms with Crippen LogP contribution in [-0.2, 0) is 0 Å². The van der Waals surface area contributed by atoms with Crippen LogP contribution in [-0.4, -0.2) is 6.04 Å². The summed E-state index contributed by atoms with van der Waals surface area (Å²) in [6.07, 6.45) is 5.13. The minimum Gasteiger partial charge on any atom is -0.381 e. The molecule has 1 nitrogen and oxygen atoms in total. The molecule has 2 heteroatoms. The highest BCUT2D eigenvalue weighted by molar-refractivity contribution is 5.59. The Morgan fingerprint density at radius 2 is 2.07 bits per heavy atom. The Hall–Kier alpha value is -1.05. The van der Waals surface area contributed by atoms with Crippen LogP contribution in [0.1, 0.15) is 37.2 Å². The minimum absolute atomic E-state index is 0.130. The van der Waals surface area contributed by atoms with Gasteiger partial charge < -0.3 is 5.32 Å². The molecule has 1 aliphatic heterocycles. The molecule has 1 N–H and O–H groups in total. The van der Waals surface area contributed by atoms with E-state index in [1.165, 1.54) is 31.2 Å². The fourth-order valence-electron chi connectivity index (χ4n) is 2.85. The van der Waals surface area contributed by atoms with Crippen LogP contribution in [0, 0.1) is 5.82 Å². The molecule has 2 aliphatic rings. The van der Waals surface area contributed by atoms with Crippen molar-refractivity contribution in [2.24, 2.45) is 0 Å². The molecule has 0 amide bonds. The summed E-state index contributed by atoms with van der Waals surface area (Å²) in [5.41, 5.74) is 2.36. The van der Waals surface area contributed by atoms with E-state index >= 15 is 0 Å². The van der Waals surface area contributed by atoms with Crippen molar-refractivity contribution < 1.29 is 4.39 Å². The molecule has 0 spiro atoms. The Bertz CT molecular complexity index is 361. The molecule has 14 heavy (non-hydrogen) atoms. The predicted molar refractivity (Wildman–Crippen MR) is 55.0 cm³/mol. The second-order valence-electron chi connectivity index (χ2n) is 4.37. The Balaban J connectivity index is 2.01. The molecule has 0 radical (unpaired) electrons. The number of nitrogens with one attached hydrogen (secondary N) is 1. The third-order valence-corrected chi connectivity index (χ3v) is 3.52. The molecule has 3 rings (SSSR count). The van der Waals surface area contributed by atoms with E-state index in [1.807, 2.05) is 6.07 Å². The molecule has 1 fully saturated rings. The maximum atomic E-state index is 13.0. The Morgan fingerprint density at radius 1 is 1.21 bits per heavy atom. The lowest BCUT2D eigenvalue weighted by molar-refractivity contribution is 0.422. The van der Waals surface area contributed by atoms with Crippen molar-refractivity contribution in [3.05, 3.63) is 29.6 Å². The Morgan fingerprint density at radius 3 is 3.00 bits per heavy atom. The van der Waals surface area contributed by atoms with E-state index in [2.05, 4.69) is 5.32 Å². The van der Waals surface area contributed by atoms with Gasteiger partial charge in [0.2, 0.25) is 0 Å². The van der Waals surface area contributed by atoms with Gasteiger partial charge in [0.05, 0.1) is 0 Å². The number of halogens is 1. The zero-order chi connectivity index (χ0) is 9.54. The largest absolute Gasteiger partial charge is 0.381 e. The molecule has 74 valence electrons. The highest BCUT2D eigenvalue weighted by Gasteiger charge is 2.33. The zero-order valence-corrected chi connectivity index (χ0v) is 8.09. The number of hydrogen-bond acceptors (Lipinski definition) is 1. The number of benzene rings is 1. The monoisotopic (exact) mass is 191 g/mol. The van der Waals surface area contributed by atoms with Gasteiger partial charge in [0.25, 0.3) is 0 Å². The Kier molecular flexibility index (Phi) is 1.76. The van der Waals surface area contributed by atoms with Crippen LogP contribution in [0.5, 0.6) is 0 Å². The third-order valence-electron chi connectivity index (χ3n) is 3.52. The summed E-state index contributed by atoms with van der Waals surface area (Å²) in [5.74, 6) is 0.509. The molecule has 0 bridgehead atoms. The number of anilines is 1. The predicted octanol–water partition coefficient (Wildman–Crippen LogP) is 3.28. The van der Waals surface area contributed by atoms with Crippen molar-refractivity contribution in [3.63, 3.8) is 0 Å². The molecule has 1 aromatic carbocycles. The summed E-state index contributed by atoms with van der Waals surface area (Å²) in [6.45, 7) is 0. The van der Waals surface area contributed by atoms with Gasteiger partial charge in [0, 0.05) is 17.6 Å². The van der Waals surface area contributed by atoms with E-state index in [1.54, 1.807) is 12.1 Å². The molecule has 0 saturated heterocycles. The lowest BCUT2D eigenvalue weighted by Gasteiger charge is -2.25. The fraction of sp³-hybridized carbons (Fsp3) is 0.500. The average molecular weight is 191 g/mol. The van der Waals surface area contributed by atoms with E-state index < -0.39 is 0 Å². The quantitative estimate of drug-likeness (QED) is 0.663. The van der Waals surface area contributed by atoms with Gasteiger partial charge in [-0.05, 0) is 30.5 Å². The van der Waals surface area contributed by atoms with Crippen LogP contribution in [0.2, 0.25) is 0 Å². The lowest BCUT2D eigenvalue weighted by atomic mass is 9.83. The van der Waals surface area contributed by atoms with Gasteiger partial charge in [-0.3, -0.25) is 0 Å². The van der Waals surface area contributed by atoms with Crippen LogP contribution in [0.25, 0.3) is 0 Å². The van der Waals surface area contributed by atoms with Gasteiger partial charge in [-0.1, -0.05) is 18.9 Å². The van der Waals surface area contributed by atoms with Crippen molar-refractivity contribution in [3.8, 4) is 0 Å². The summed E-state index contributed by atoms with van der Waals surface area (Å²) < 4.78 is 13.0. The summed E-state index contributed by atoms with van der Waals surface area (Å²) in [7, 11) is 0. The van der Waals surface area contributed by atoms with E-state index in [9.17, 15) is 4.39 Å². The highest BCUT2D eigenvalue weighted by Crippen LogP contribution is 2.43. The summed E-state index contributed by atoms with van der Waals surface area (Å²) in [4.78, 5) is 0. The molecule has 2 atom stereocenters. The van der Waals surface area contributed by atoms with Crippen molar-refractivity contribution in [2.45, 2.75) is 37.6 Å². The average Bonchev–Trinajstić information content (AvgIpc) is 2.54. The first-order chi connectivity index (χ1) is 6.84. The first-order valence-corrected chi connectivity index (χ1v) is 5.40. The van der Waals surface area contributed by atoms with Gasteiger partial charge in [-0.25, -0.2) is 4.39 Å². The van der Waals surface area contributed by atoms with Gasteiger partial charge in [0.15, 0.2) is 0 Å². The van der Waals surface area contributed by atoms with E-state index in [4.69, 9.17) is 0 Å². The maximum Gasteiger partial charge on any atom is 0.125 e. The first-order valence-electron chi connectivity index (χ1n) is 5.40. The van der Waals surface area contributed by atoms with E-state index in [0.717, 1.165) is 5.69 Å². The van der Waals surface area contributed by atoms with Crippen molar-refractivity contribution >= 4 is 5.69 Å². The molecule has 0 aromatic heterocycles. The van der Waals surface area contributed by atoms with Crippen LogP contribution in [0.4, 0.5) is 10.1 Å². The maximum absolute atomic E-state index is 13.0. The van der Waals surface area contributed by atoms with Crippen molar-refractivity contribution in [1.82, 2.24) is 0 Å². The minimum atomic E-state index is -0.130. The zero-order valence-electron chi connectivity index (χ0n) is 8.09. The van der Waals surface area contributed by atoms with Crippen LogP contribution in [0.3, 0.4) is 0 Å². The van der Waals surface area contributed by atoms with Crippen LogP contribution >= 0.6 is 0 Å². The molecule has 1 heterocycles. The third kappa shape index (κ3) is 1.13. The van der Waals surface area contributed by atoms with Crippen molar-refractivity contribution in [1.29, 1.82) is 0 Å². The second kappa shape index (κ2) is 2.97. The fourth-order valence-corrected chi connectivity index (χ4v) is 2.85. The van der Waals surface area contributed by atoms with E-state index in [-0.39, 0.29) is 5.82 Å². The summed E-state index contributed by atoms with van der Waals surface area (Å²) >= 11 is 0. The molecule has 1 aliphatic carbocycles. The molecule has 2 unspecified atom stereocenters. The Labute approximate surface area is 83.3 Å². The first kappa shape index (κ1) is 8.27. The molecule has 1 saturated carbocycles. The summed E-state index contributed by atoms with van der Waals surface area (Å²) in [6, 6.07) is 5.74. The van der Waals surface area contributed by atoms with Crippen LogP contribution in [0.15, 0.2) is 18.2 Å². The summed E-state index contributed by atoms with van der Waals surface area (Å²) in [5, 5.41) is 3.44. The highest BCUT2D eigenvalue weighted by atomic mass is 19.1. The van der Waals surface area contributed by atoms with Gasteiger partial charge in [-0.15, -0.1) is 0 Å². The smallest absolute Gasteiger partial charge is 0.125 e. The van der Waals surface area contributed by atoms with Gasteiger partial charge >= 0.3 is 0 Å². The molecular weight excluding hydrogens is 177 g/mol. The number of hydrogen-bond donors (Lipinski definition) is 1. The second-order valence-corrected chi connectivity index (χ2v) is 4.37. The van der Waals surface area contributed by atoms with E-state index in [0.29, 0.717) is 12.0 Å². The van der Waals surface area contributed by atoms with Gasteiger partial charge in [0.1, 0.15) is 5.82 Å². The number of rotatable bonds is 0. The topological polar surface area (TPSA) is 12.0 Å². The normalized spacial score (nSPS) is 29.2. The van der Waals surface area contributed by atoms with Crippen LogP contribution < -0.4 is 5.32 Å².